The van der Waals surface area contributed by atoms with Crippen molar-refractivity contribution in [3.05, 3.63) is 80.8 Å². The molecule has 2 aromatic carbocycles. The van der Waals surface area contributed by atoms with Crippen LogP contribution in [-0.2, 0) is 11.3 Å². The van der Waals surface area contributed by atoms with Crippen LogP contribution in [0.4, 0.5) is 5.82 Å². The smallest absolute Gasteiger partial charge is 0.226 e. The van der Waals surface area contributed by atoms with Gasteiger partial charge < -0.3 is 14.2 Å². The zero-order valence-electron chi connectivity index (χ0n) is 22.9. The molecular formula is C30H33Cl3N6O. The van der Waals surface area contributed by atoms with Crippen LogP contribution < -0.4 is 4.90 Å². The van der Waals surface area contributed by atoms with Crippen LogP contribution in [0.15, 0.2) is 48.5 Å². The summed E-state index contributed by atoms with van der Waals surface area (Å²) in [6, 6.07) is 16.7. The predicted molar refractivity (Wildman–Crippen MR) is 162 cm³/mol. The van der Waals surface area contributed by atoms with E-state index in [1.807, 2.05) is 31.2 Å². The first-order chi connectivity index (χ1) is 19.3. The standard InChI is InChI=1S/C30H33Cl3N6O/c1-18-16-38(28-26-29(36-30(33)35-28)39(20(3)34-26)17-25-5-4-14-40-25)19(2)15-37(18)27(21-6-10-23(31)11-7-21)22-8-12-24(32)13-9-22/h6-13,18-19,25,27H,4-5,14-17H2,1-3H3/t18-,19+,25+/m1/s1. The van der Waals surface area contributed by atoms with Gasteiger partial charge in [0.05, 0.1) is 18.7 Å². The van der Waals surface area contributed by atoms with Gasteiger partial charge in [-0.25, -0.2) is 4.98 Å². The molecule has 4 heterocycles. The van der Waals surface area contributed by atoms with Crippen molar-refractivity contribution in [2.24, 2.45) is 0 Å². The van der Waals surface area contributed by atoms with Crippen molar-refractivity contribution in [3.8, 4) is 0 Å². The number of benzene rings is 2. The van der Waals surface area contributed by atoms with Crippen molar-refractivity contribution in [1.82, 2.24) is 24.4 Å². The van der Waals surface area contributed by atoms with Crippen molar-refractivity contribution in [1.29, 1.82) is 0 Å². The third-order valence-electron chi connectivity index (χ3n) is 8.16. The van der Waals surface area contributed by atoms with Crippen LogP contribution in [0.5, 0.6) is 0 Å². The van der Waals surface area contributed by atoms with E-state index in [9.17, 15) is 0 Å². The van der Waals surface area contributed by atoms with Crippen LogP contribution in [0.3, 0.4) is 0 Å². The second kappa shape index (κ2) is 11.5. The molecule has 6 rings (SSSR count). The van der Waals surface area contributed by atoms with E-state index in [0.717, 1.165) is 71.9 Å². The minimum Gasteiger partial charge on any atom is -0.376 e. The van der Waals surface area contributed by atoms with Gasteiger partial charge in [-0.15, -0.1) is 0 Å². The number of anilines is 1. The van der Waals surface area contributed by atoms with Crippen LogP contribution in [0.2, 0.25) is 15.3 Å². The first-order valence-corrected chi connectivity index (χ1v) is 15.0. The molecule has 2 aromatic heterocycles. The maximum Gasteiger partial charge on any atom is 0.226 e. The van der Waals surface area contributed by atoms with Crippen LogP contribution in [0.25, 0.3) is 11.2 Å². The van der Waals surface area contributed by atoms with Gasteiger partial charge in [-0.05, 0) is 80.6 Å². The Balaban J connectivity index is 1.34. The molecule has 2 aliphatic heterocycles. The third kappa shape index (κ3) is 5.42. The molecule has 210 valence electrons. The molecule has 40 heavy (non-hydrogen) atoms. The Morgan fingerprint density at radius 2 is 1.52 bits per heavy atom. The number of piperazine rings is 1. The number of halogens is 3. The van der Waals surface area contributed by atoms with Crippen molar-refractivity contribution < 1.29 is 4.74 Å². The molecule has 0 bridgehead atoms. The topological polar surface area (TPSA) is 59.3 Å². The van der Waals surface area contributed by atoms with E-state index >= 15 is 0 Å². The molecule has 0 N–H and O–H groups in total. The molecule has 0 amide bonds. The molecule has 3 atom stereocenters. The van der Waals surface area contributed by atoms with E-state index in [-0.39, 0.29) is 29.5 Å². The Morgan fingerprint density at radius 3 is 2.12 bits per heavy atom. The summed E-state index contributed by atoms with van der Waals surface area (Å²) in [5.74, 6) is 1.69. The molecule has 4 aromatic rings. The lowest BCUT2D eigenvalue weighted by atomic mass is 9.93. The molecule has 2 fully saturated rings. The van der Waals surface area contributed by atoms with Gasteiger partial charge in [-0.2, -0.15) is 9.97 Å². The molecular weight excluding hydrogens is 567 g/mol. The van der Waals surface area contributed by atoms with Crippen LogP contribution in [-0.4, -0.2) is 62.3 Å². The number of ether oxygens (including phenoxy) is 1. The predicted octanol–water partition coefficient (Wildman–Crippen LogP) is 6.96. The molecule has 0 unspecified atom stereocenters. The summed E-state index contributed by atoms with van der Waals surface area (Å²) < 4.78 is 8.03. The van der Waals surface area contributed by atoms with Crippen molar-refractivity contribution in [2.45, 2.75) is 64.4 Å². The molecule has 0 spiro atoms. The molecule has 2 aliphatic rings. The molecule has 2 saturated heterocycles. The normalized spacial score (nSPS) is 22.1. The van der Waals surface area contributed by atoms with Gasteiger partial charge in [0.25, 0.3) is 0 Å². The Bertz CT molecular complexity index is 1440. The number of nitrogens with zero attached hydrogens (tertiary/aromatic N) is 6. The minimum absolute atomic E-state index is 0.0519. The fourth-order valence-corrected chi connectivity index (χ4v) is 6.57. The lowest BCUT2D eigenvalue weighted by Crippen LogP contribution is -2.57. The Labute approximate surface area is 250 Å². The highest BCUT2D eigenvalue weighted by molar-refractivity contribution is 6.30. The summed E-state index contributed by atoms with van der Waals surface area (Å²) in [4.78, 5) is 19.2. The number of aryl methyl sites for hydroxylation is 1. The van der Waals surface area contributed by atoms with E-state index in [4.69, 9.17) is 49.5 Å². The van der Waals surface area contributed by atoms with Crippen LogP contribution >= 0.6 is 34.8 Å². The number of rotatable bonds is 6. The number of hydrogen-bond acceptors (Lipinski definition) is 6. The van der Waals surface area contributed by atoms with Gasteiger partial charge in [0, 0.05) is 41.8 Å². The molecule has 0 radical (unpaired) electrons. The zero-order chi connectivity index (χ0) is 28.0. The van der Waals surface area contributed by atoms with Crippen LogP contribution in [0.1, 0.15) is 49.7 Å². The molecule has 0 aliphatic carbocycles. The van der Waals surface area contributed by atoms with E-state index in [0.29, 0.717) is 0 Å². The quantitative estimate of drug-likeness (QED) is 0.223. The number of fused-ring (bicyclic) bond motifs is 1. The minimum atomic E-state index is 0.0519. The van der Waals surface area contributed by atoms with Crippen molar-refractivity contribution in [2.75, 3.05) is 24.6 Å². The summed E-state index contributed by atoms with van der Waals surface area (Å²) in [5, 5.41) is 1.69. The highest BCUT2D eigenvalue weighted by Gasteiger charge is 2.37. The van der Waals surface area contributed by atoms with E-state index in [1.54, 1.807) is 0 Å². The maximum absolute atomic E-state index is 6.54. The van der Waals surface area contributed by atoms with Gasteiger partial charge in [-0.3, -0.25) is 4.90 Å². The van der Waals surface area contributed by atoms with Gasteiger partial charge in [0.15, 0.2) is 17.0 Å². The fourth-order valence-electron chi connectivity index (χ4n) is 6.15. The monoisotopic (exact) mass is 598 g/mol. The maximum atomic E-state index is 6.54. The first-order valence-electron chi connectivity index (χ1n) is 13.8. The molecule has 7 nitrogen and oxygen atoms in total. The van der Waals surface area contributed by atoms with Crippen LogP contribution in [0, 0.1) is 6.92 Å². The van der Waals surface area contributed by atoms with Gasteiger partial charge >= 0.3 is 0 Å². The first kappa shape index (κ1) is 27.7. The number of hydrogen-bond donors (Lipinski definition) is 0. The van der Waals surface area contributed by atoms with Gasteiger partial charge in [-0.1, -0.05) is 47.5 Å². The number of aromatic nitrogens is 4. The lowest BCUT2D eigenvalue weighted by Gasteiger charge is -2.48. The third-order valence-corrected chi connectivity index (χ3v) is 8.83. The van der Waals surface area contributed by atoms with E-state index in [2.05, 4.69) is 57.5 Å². The van der Waals surface area contributed by atoms with Crippen molar-refractivity contribution in [3.63, 3.8) is 0 Å². The summed E-state index contributed by atoms with van der Waals surface area (Å²) in [6.07, 6.45) is 2.31. The van der Waals surface area contributed by atoms with Gasteiger partial charge in [0.2, 0.25) is 5.28 Å². The summed E-state index contributed by atoms with van der Waals surface area (Å²) in [5.41, 5.74) is 3.94. The Hall–Kier alpha value is -2.42. The van der Waals surface area contributed by atoms with E-state index < -0.39 is 0 Å². The highest BCUT2D eigenvalue weighted by Crippen LogP contribution is 2.37. The zero-order valence-corrected chi connectivity index (χ0v) is 25.2. The Kier molecular flexibility index (Phi) is 7.94. The van der Waals surface area contributed by atoms with Gasteiger partial charge in [0.1, 0.15) is 5.82 Å². The fraction of sp³-hybridized carbons (Fsp3) is 0.433. The average molecular weight is 600 g/mol. The second-order valence-corrected chi connectivity index (χ2v) is 12.2. The summed E-state index contributed by atoms with van der Waals surface area (Å²) in [7, 11) is 0. The molecule has 10 heteroatoms. The molecule has 0 saturated carbocycles. The largest absolute Gasteiger partial charge is 0.376 e. The van der Waals surface area contributed by atoms with E-state index in [1.165, 1.54) is 11.1 Å². The SMILES string of the molecule is Cc1nc2c(N3C[C@@H](C)N(C(c4ccc(Cl)cc4)c4ccc(Cl)cc4)C[C@@H]3C)nc(Cl)nc2n1C[C@@H]1CCCO1. The highest BCUT2D eigenvalue weighted by atomic mass is 35.5. The number of imidazole rings is 1. The summed E-state index contributed by atoms with van der Waals surface area (Å²) in [6.45, 7) is 9.62. The average Bonchev–Trinajstić information content (AvgIpc) is 3.56. The second-order valence-electron chi connectivity index (χ2n) is 10.9. The van der Waals surface area contributed by atoms with Crippen molar-refractivity contribution >= 4 is 51.8 Å². The lowest BCUT2D eigenvalue weighted by molar-refractivity contribution is 0.0973. The Morgan fingerprint density at radius 1 is 0.875 bits per heavy atom. The summed E-state index contributed by atoms with van der Waals surface area (Å²) >= 11 is 19.0.